The smallest absolute Gasteiger partial charge is 0.119 e. The highest BCUT2D eigenvalue weighted by Gasteiger charge is 2.36. The maximum Gasteiger partial charge on any atom is 0.119 e. The molecule has 2 aromatic rings. The molecule has 1 fully saturated rings. The van der Waals surface area contributed by atoms with E-state index in [1.54, 1.807) is 7.11 Å². The van der Waals surface area contributed by atoms with Crippen molar-refractivity contribution in [1.29, 1.82) is 0 Å². The van der Waals surface area contributed by atoms with Crippen LogP contribution in [0.4, 0.5) is 0 Å². The van der Waals surface area contributed by atoms with Crippen LogP contribution in [-0.2, 0) is 13.1 Å². The highest BCUT2D eigenvalue weighted by Crippen LogP contribution is 2.38. The van der Waals surface area contributed by atoms with E-state index < -0.39 is 0 Å². The first kappa shape index (κ1) is 15.7. The molecule has 0 unspecified atom stereocenters. The van der Waals surface area contributed by atoms with E-state index >= 15 is 0 Å². The number of benzene rings is 2. The van der Waals surface area contributed by atoms with Crippen molar-refractivity contribution in [3.63, 3.8) is 0 Å². The average Bonchev–Trinajstić information content (AvgIpc) is 2.65. The van der Waals surface area contributed by atoms with Gasteiger partial charge in [-0.1, -0.05) is 42.8 Å². The third-order valence-electron chi connectivity index (χ3n) is 5.48. The average molecular weight is 322 g/mol. The molecule has 1 saturated heterocycles. The number of methoxy groups -OCH3 is 1. The van der Waals surface area contributed by atoms with Crippen molar-refractivity contribution in [2.24, 2.45) is 0 Å². The Morgan fingerprint density at radius 2 is 2.00 bits per heavy atom. The first-order valence-electron chi connectivity index (χ1n) is 9.03. The van der Waals surface area contributed by atoms with Gasteiger partial charge in [-0.15, -0.1) is 0 Å². The van der Waals surface area contributed by atoms with Gasteiger partial charge < -0.3 is 10.1 Å². The van der Waals surface area contributed by atoms with E-state index in [0.29, 0.717) is 12.1 Å². The van der Waals surface area contributed by atoms with Crippen LogP contribution >= 0.6 is 0 Å². The zero-order valence-electron chi connectivity index (χ0n) is 14.4. The lowest BCUT2D eigenvalue weighted by molar-refractivity contribution is 0.0909. The SMILES string of the molecule is COc1ccc2c(c1)[C@@H](NCc1ccccc1)[C@@H]1CCCCN1C2. The summed E-state index contributed by atoms with van der Waals surface area (Å²) in [4.78, 5) is 2.67. The molecule has 0 radical (unpaired) electrons. The fourth-order valence-corrected chi connectivity index (χ4v) is 4.22. The molecule has 1 N–H and O–H groups in total. The fraction of sp³-hybridized carbons (Fsp3) is 0.429. The van der Waals surface area contributed by atoms with Gasteiger partial charge in [-0.05, 0) is 48.2 Å². The maximum atomic E-state index is 5.49. The van der Waals surface area contributed by atoms with Crippen LogP contribution in [0.1, 0.15) is 42.0 Å². The largest absolute Gasteiger partial charge is 0.497 e. The van der Waals surface area contributed by atoms with Crippen LogP contribution in [-0.4, -0.2) is 24.6 Å². The third kappa shape index (κ3) is 3.06. The van der Waals surface area contributed by atoms with Gasteiger partial charge in [0, 0.05) is 25.2 Å². The van der Waals surface area contributed by atoms with Gasteiger partial charge in [0.2, 0.25) is 0 Å². The quantitative estimate of drug-likeness (QED) is 0.924. The van der Waals surface area contributed by atoms with Gasteiger partial charge in [0.15, 0.2) is 0 Å². The number of hydrogen-bond acceptors (Lipinski definition) is 3. The second-order valence-corrected chi connectivity index (χ2v) is 6.94. The molecule has 0 bridgehead atoms. The van der Waals surface area contributed by atoms with Gasteiger partial charge in [-0.25, -0.2) is 0 Å². The van der Waals surface area contributed by atoms with Crippen LogP contribution in [0, 0.1) is 0 Å². The Morgan fingerprint density at radius 3 is 2.83 bits per heavy atom. The van der Waals surface area contributed by atoms with E-state index in [1.807, 2.05) is 0 Å². The molecule has 3 nitrogen and oxygen atoms in total. The van der Waals surface area contributed by atoms with Crippen molar-refractivity contribution in [2.75, 3.05) is 13.7 Å². The molecule has 2 aliphatic heterocycles. The number of fused-ring (bicyclic) bond motifs is 2. The number of nitrogens with one attached hydrogen (secondary N) is 1. The van der Waals surface area contributed by atoms with Gasteiger partial charge in [-0.3, -0.25) is 4.90 Å². The van der Waals surface area contributed by atoms with Crippen LogP contribution < -0.4 is 10.1 Å². The first-order chi connectivity index (χ1) is 11.8. The summed E-state index contributed by atoms with van der Waals surface area (Å²) >= 11 is 0. The molecule has 0 aromatic heterocycles. The van der Waals surface area contributed by atoms with E-state index in [-0.39, 0.29) is 0 Å². The van der Waals surface area contributed by atoms with Gasteiger partial charge in [-0.2, -0.15) is 0 Å². The molecule has 3 heteroatoms. The lowest BCUT2D eigenvalue weighted by Gasteiger charge is -2.45. The summed E-state index contributed by atoms with van der Waals surface area (Å²) < 4.78 is 5.49. The standard InChI is InChI=1S/C21H26N2O/c1-24-18-11-10-17-15-23-12-6-5-9-20(23)21(19(17)13-18)22-14-16-7-3-2-4-8-16/h2-4,7-8,10-11,13,20-22H,5-6,9,12,14-15H2,1H3/t20-,21+/m0/s1. The topological polar surface area (TPSA) is 24.5 Å². The minimum absolute atomic E-state index is 0.379. The van der Waals surface area contributed by atoms with Crippen LogP contribution in [0.5, 0.6) is 5.75 Å². The number of ether oxygens (including phenoxy) is 1. The van der Waals surface area contributed by atoms with Crippen molar-refractivity contribution in [3.05, 3.63) is 65.2 Å². The van der Waals surface area contributed by atoms with Crippen molar-refractivity contribution >= 4 is 0 Å². The van der Waals surface area contributed by atoms with E-state index in [0.717, 1.165) is 18.8 Å². The monoisotopic (exact) mass is 322 g/mol. The first-order valence-corrected chi connectivity index (χ1v) is 9.03. The van der Waals surface area contributed by atoms with Crippen molar-refractivity contribution < 1.29 is 4.74 Å². The molecule has 2 atom stereocenters. The highest BCUT2D eigenvalue weighted by molar-refractivity contribution is 5.40. The van der Waals surface area contributed by atoms with Gasteiger partial charge in [0.25, 0.3) is 0 Å². The van der Waals surface area contributed by atoms with Gasteiger partial charge in [0.05, 0.1) is 7.11 Å². The zero-order chi connectivity index (χ0) is 16.4. The molecule has 2 heterocycles. The summed E-state index contributed by atoms with van der Waals surface area (Å²) in [5, 5.41) is 3.85. The number of nitrogens with zero attached hydrogens (tertiary/aromatic N) is 1. The second kappa shape index (κ2) is 6.96. The van der Waals surface area contributed by atoms with E-state index in [9.17, 15) is 0 Å². The summed E-state index contributed by atoms with van der Waals surface area (Å²) in [6, 6.07) is 18.3. The Morgan fingerprint density at radius 1 is 1.12 bits per heavy atom. The van der Waals surface area contributed by atoms with Crippen LogP contribution in [0.25, 0.3) is 0 Å². The van der Waals surface area contributed by atoms with E-state index in [4.69, 9.17) is 4.74 Å². The predicted molar refractivity (Wildman–Crippen MR) is 97.1 cm³/mol. The normalized spacial score (nSPS) is 23.4. The number of piperidine rings is 1. The Hall–Kier alpha value is -1.84. The molecule has 0 aliphatic carbocycles. The van der Waals surface area contributed by atoms with Crippen LogP contribution in [0.3, 0.4) is 0 Å². The molecule has 0 amide bonds. The van der Waals surface area contributed by atoms with Gasteiger partial charge >= 0.3 is 0 Å². The summed E-state index contributed by atoms with van der Waals surface area (Å²) in [5.41, 5.74) is 4.21. The minimum atomic E-state index is 0.379. The number of rotatable bonds is 4. The highest BCUT2D eigenvalue weighted by atomic mass is 16.5. The van der Waals surface area contributed by atoms with E-state index in [1.165, 1.54) is 42.5 Å². The van der Waals surface area contributed by atoms with Gasteiger partial charge in [0.1, 0.15) is 5.75 Å². The molecule has 4 rings (SSSR count). The molecule has 2 aliphatic rings. The molecular formula is C21H26N2O. The van der Waals surface area contributed by atoms with Crippen LogP contribution in [0.2, 0.25) is 0 Å². The molecular weight excluding hydrogens is 296 g/mol. The lowest BCUT2D eigenvalue weighted by Crippen LogP contribution is -2.50. The Balaban J connectivity index is 1.63. The van der Waals surface area contributed by atoms with Crippen molar-refractivity contribution in [3.8, 4) is 5.75 Å². The zero-order valence-corrected chi connectivity index (χ0v) is 14.4. The van der Waals surface area contributed by atoms with Crippen molar-refractivity contribution in [2.45, 2.75) is 44.4 Å². The molecule has 0 spiro atoms. The summed E-state index contributed by atoms with van der Waals surface area (Å²) in [5.74, 6) is 0.963. The van der Waals surface area contributed by atoms with Crippen LogP contribution in [0.15, 0.2) is 48.5 Å². The fourth-order valence-electron chi connectivity index (χ4n) is 4.22. The lowest BCUT2D eigenvalue weighted by atomic mass is 9.84. The summed E-state index contributed by atoms with van der Waals surface area (Å²) in [6.45, 7) is 3.21. The second-order valence-electron chi connectivity index (χ2n) is 6.94. The molecule has 2 aromatic carbocycles. The minimum Gasteiger partial charge on any atom is -0.497 e. The third-order valence-corrected chi connectivity index (χ3v) is 5.48. The summed E-state index contributed by atoms with van der Waals surface area (Å²) in [6.07, 6.45) is 3.94. The molecule has 0 saturated carbocycles. The van der Waals surface area contributed by atoms with Crippen molar-refractivity contribution in [1.82, 2.24) is 10.2 Å². The molecule has 126 valence electrons. The predicted octanol–water partition coefficient (Wildman–Crippen LogP) is 3.89. The Kier molecular flexibility index (Phi) is 4.54. The molecule has 24 heavy (non-hydrogen) atoms. The Bertz CT molecular complexity index is 685. The summed E-state index contributed by atoms with van der Waals surface area (Å²) in [7, 11) is 1.75. The maximum absolute atomic E-state index is 5.49. The van der Waals surface area contributed by atoms with E-state index in [2.05, 4.69) is 58.7 Å². The Labute approximate surface area is 144 Å². The number of hydrogen-bond donors (Lipinski definition) is 1.